The topological polar surface area (TPSA) is 142 Å². The third-order valence-corrected chi connectivity index (χ3v) is 11.6. The number of hydrogen-bond donors (Lipinski definition) is 2. The van der Waals surface area contributed by atoms with Gasteiger partial charge in [-0.15, -0.1) is 0 Å². The summed E-state index contributed by atoms with van der Waals surface area (Å²) in [5.41, 5.74) is 12.6. The lowest BCUT2D eigenvalue weighted by molar-refractivity contribution is -0.0554. The number of aryl methyl sites for hydroxylation is 1. The van der Waals surface area contributed by atoms with Crippen molar-refractivity contribution in [2.45, 2.75) is 63.0 Å². The summed E-state index contributed by atoms with van der Waals surface area (Å²) >= 11 is 0. The zero-order valence-corrected chi connectivity index (χ0v) is 29.5. The molecule has 1 spiro atoms. The van der Waals surface area contributed by atoms with Crippen LogP contribution in [0.5, 0.6) is 11.8 Å². The Morgan fingerprint density at radius 2 is 1.80 bits per heavy atom. The minimum absolute atomic E-state index is 0.370. The van der Waals surface area contributed by atoms with Crippen molar-refractivity contribution in [3.05, 3.63) is 64.5 Å². The largest absolute Gasteiger partial charge is 0.476 e. The maximum atomic E-state index is 14.3. The molecule has 3 fully saturated rings. The Hall–Kier alpha value is -3.33. The fourth-order valence-electron chi connectivity index (χ4n) is 6.79. The van der Waals surface area contributed by atoms with E-state index >= 15 is 0 Å². The van der Waals surface area contributed by atoms with Gasteiger partial charge in [0.25, 0.3) is 0 Å². The SMILES string of the molecule is Cc1ccc(Cc2ccc(N(N)CC3CC3)c(N)c2C)nc1CN1CC2(CCOCC2)Oc2nc(OCCN3CCOCC3)ccc2S1=O. The number of hydrogen-bond acceptors (Lipinski definition) is 11. The van der Waals surface area contributed by atoms with Crippen molar-refractivity contribution in [1.29, 1.82) is 0 Å². The standard InChI is InChI=1S/C36H49N7O5S/c1-25-3-7-29(21-28-6-8-31(34(37)26(28)2)43(38)22-27-4-5-27)39-30(25)23-42-24-36(11-16-45-17-12-36)48-35-32(49(42)44)9-10-33(40-35)47-20-15-41-13-18-46-19-14-41/h3,6-10,27H,4-5,11-24,37-38H2,1-2H3. The fraction of sp³-hybridized carbons (Fsp3) is 0.556. The average molecular weight is 692 g/mol. The normalized spacial score (nSPS) is 21.2. The zero-order valence-electron chi connectivity index (χ0n) is 28.7. The third-order valence-electron chi connectivity index (χ3n) is 10.2. The Kier molecular flexibility index (Phi) is 10.4. The van der Waals surface area contributed by atoms with Crippen LogP contribution in [0, 0.1) is 19.8 Å². The molecule has 4 N–H and O–H groups in total. The second-order valence-corrected chi connectivity index (χ2v) is 15.3. The van der Waals surface area contributed by atoms with E-state index in [1.165, 1.54) is 12.8 Å². The first-order chi connectivity index (χ1) is 23.8. The highest BCUT2D eigenvalue weighted by molar-refractivity contribution is 7.82. The van der Waals surface area contributed by atoms with Crippen LogP contribution in [0.4, 0.5) is 11.4 Å². The van der Waals surface area contributed by atoms with Crippen LogP contribution in [0.25, 0.3) is 0 Å². The van der Waals surface area contributed by atoms with Crippen LogP contribution in [-0.4, -0.2) is 94.7 Å². The van der Waals surface area contributed by atoms with Crippen molar-refractivity contribution in [1.82, 2.24) is 19.2 Å². The predicted octanol–water partition coefficient (Wildman–Crippen LogP) is 3.53. The molecule has 264 valence electrons. The van der Waals surface area contributed by atoms with Crippen LogP contribution in [0.3, 0.4) is 0 Å². The Bertz CT molecular complexity index is 1660. The van der Waals surface area contributed by atoms with Gasteiger partial charge in [0, 0.05) is 57.2 Å². The van der Waals surface area contributed by atoms with Crippen molar-refractivity contribution < 1.29 is 23.2 Å². The molecule has 1 aromatic carbocycles. The molecule has 7 rings (SSSR count). The number of benzene rings is 1. The second-order valence-electron chi connectivity index (χ2n) is 13.8. The summed E-state index contributed by atoms with van der Waals surface area (Å²) in [6.45, 7) is 11.5. The number of aromatic nitrogens is 2. The van der Waals surface area contributed by atoms with Gasteiger partial charge >= 0.3 is 0 Å². The number of ether oxygens (including phenoxy) is 4. The van der Waals surface area contributed by atoms with Gasteiger partial charge in [0.05, 0.1) is 56.6 Å². The molecule has 2 aromatic heterocycles. The van der Waals surface area contributed by atoms with E-state index in [1.54, 1.807) is 11.1 Å². The summed E-state index contributed by atoms with van der Waals surface area (Å²) in [7, 11) is -1.53. The van der Waals surface area contributed by atoms with E-state index in [9.17, 15) is 4.21 Å². The number of hydrazine groups is 1. The second kappa shape index (κ2) is 14.9. The first-order valence-corrected chi connectivity index (χ1v) is 18.6. The van der Waals surface area contributed by atoms with Crippen LogP contribution in [0.15, 0.2) is 41.3 Å². The lowest BCUT2D eigenvalue weighted by atomic mass is 9.93. The highest BCUT2D eigenvalue weighted by Crippen LogP contribution is 2.38. The first kappa shape index (κ1) is 34.1. The third kappa shape index (κ3) is 8.03. The van der Waals surface area contributed by atoms with E-state index in [-0.39, 0.29) is 0 Å². The van der Waals surface area contributed by atoms with E-state index in [2.05, 4.69) is 30.0 Å². The zero-order chi connectivity index (χ0) is 34.0. The lowest BCUT2D eigenvalue weighted by Gasteiger charge is -2.38. The molecule has 49 heavy (non-hydrogen) atoms. The van der Waals surface area contributed by atoms with Crippen LogP contribution in [0.1, 0.15) is 53.8 Å². The number of nitrogens with zero attached hydrogens (tertiary/aromatic N) is 5. The van der Waals surface area contributed by atoms with Gasteiger partial charge in [0.15, 0.2) is 0 Å². The summed E-state index contributed by atoms with van der Waals surface area (Å²) in [6.07, 6.45) is 4.44. The summed E-state index contributed by atoms with van der Waals surface area (Å²) in [5, 5.41) is 1.79. The molecule has 1 atom stereocenters. The number of morpholine rings is 1. The molecule has 3 aliphatic heterocycles. The van der Waals surface area contributed by atoms with Crippen LogP contribution in [-0.2, 0) is 33.4 Å². The molecular formula is C36H49N7O5S. The molecule has 0 bridgehead atoms. The number of anilines is 2. The van der Waals surface area contributed by atoms with Gasteiger partial charge < -0.3 is 29.7 Å². The Morgan fingerprint density at radius 1 is 1.02 bits per heavy atom. The highest BCUT2D eigenvalue weighted by atomic mass is 32.2. The number of pyridine rings is 2. The van der Waals surface area contributed by atoms with Gasteiger partial charge in [-0.1, -0.05) is 12.1 Å². The van der Waals surface area contributed by atoms with E-state index in [1.807, 2.05) is 23.4 Å². The predicted molar refractivity (Wildman–Crippen MR) is 189 cm³/mol. The quantitative estimate of drug-likeness (QED) is 0.173. The van der Waals surface area contributed by atoms with Gasteiger partial charge in [-0.25, -0.2) is 14.4 Å². The minimum atomic E-state index is -1.53. The van der Waals surface area contributed by atoms with Crippen molar-refractivity contribution in [2.24, 2.45) is 11.8 Å². The van der Waals surface area contributed by atoms with Crippen LogP contribution < -0.4 is 26.1 Å². The number of nitrogens with two attached hydrogens (primary N) is 2. The maximum Gasteiger partial charge on any atom is 0.235 e. The molecule has 4 aliphatic rings. The summed E-state index contributed by atoms with van der Waals surface area (Å²) in [4.78, 5) is 12.7. The number of rotatable bonds is 11. The first-order valence-electron chi connectivity index (χ1n) is 17.5. The van der Waals surface area contributed by atoms with Crippen molar-refractivity contribution in [3.8, 4) is 11.8 Å². The van der Waals surface area contributed by atoms with Crippen LogP contribution in [0.2, 0.25) is 0 Å². The van der Waals surface area contributed by atoms with Gasteiger partial charge in [-0.2, -0.15) is 4.98 Å². The minimum Gasteiger partial charge on any atom is -0.476 e. The molecule has 12 nitrogen and oxygen atoms in total. The smallest absolute Gasteiger partial charge is 0.235 e. The Balaban J connectivity index is 1.09. The highest BCUT2D eigenvalue weighted by Gasteiger charge is 2.43. The molecule has 2 saturated heterocycles. The van der Waals surface area contributed by atoms with Gasteiger partial charge in [-0.05, 0) is 67.5 Å². The lowest BCUT2D eigenvalue weighted by Crippen LogP contribution is -2.49. The van der Waals surface area contributed by atoms with Gasteiger partial charge in [0.1, 0.15) is 28.1 Å². The van der Waals surface area contributed by atoms with E-state index in [4.69, 9.17) is 40.5 Å². The van der Waals surface area contributed by atoms with Crippen LogP contribution >= 0.6 is 0 Å². The summed E-state index contributed by atoms with van der Waals surface area (Å²) < 4.78 is 40.2. The Labute approximate surface area is 291 Å². The fourth-order valence-corrected chi connectivity index (χ4v) is 8.08. The monoisotopic (exact) mass is 691 g/mol. The van der Waals surface area contributed by atoms with Crippen molar-refractivity contribution in [3.63, 3.8) is 0 Å². The molecule has 13 heteroatoms. The molecule has 1 aliphatic carbocycles. The van der Waals surface area contributed by atoms with E-state index in [0.717, 1.165) is 73.2 Å². The average Bonchev–Trinajstić information content (AvgIpc) is 3.93. The summed E-state index contributed by atoms with van der Waals surface area (Å²) in [6, 6.07) is 11.9. The number of fused-ring (bicyclic) bond motifs is 1. The summed E-state index contributed by atoms with van der Waals surface area (Å²) in [5.74, 6) is 7.87. The van der Waals surface area contributed by atoms with E-state index < -0.39 is 16.6 Å². The molecule has 3 aromatic rings. The molecule has 5 heterocycles. The maximum absolute atomic E-state index is 14.3. The van der Waals surface area contributed by atoms with Gasteiger partial charge in [0.2, 0.25) is 11.8 Å². The van der Waals surface area contributed by atoms with Crippen molar-refractivity contribution in [2.75, 3.05) is 76.5 Å². The van der Waals surface area contributed by atoms with Gasteiger partial charge in [-0.3, -0.25) is 9.88 Å². The van der Waals surface area contributed by atoms with Crippen molar-refractivity contribution >= 4 is 22.4 Å². The van der Waals surface area contributed by atoms with E-state index in [0.29, 0.717) is 80.4 Å². The molecule has 1 saturated carbocycles. The molecule has 1 unspecified atom stereocenters. The number of nitrogen functional groups attached to an aromatic ring is 1. The molecule has 0 amide bonds. The molecule has 0 radical (unpaired) electrons. The Morgan fingerprint density at radius 3 is 2.57 bits per heavy atom. The molecular weight excluding hydrogens is 643 g/mol.